The van der Waals surface area contributed by atoms with Crippen LogP contribution in [0.4, 0.5) is 5.69 Å². The Balaban J connectivity index is 2.11. The van der Waals surface area contributed by atoms with Gasteiger partial charge in [0.25, 0.3) is 5.91 Å². The smallest absolute Gasteiger partial charge is 0.259 e. The van der Waals surface area contributed by atoms with E-state index < -0.39 is 0 Å². The van der Waals surface area contributed by atoms with Crippen molar-refractivity contribution in [3.63, 3.8) is 0 Å². The summed E-state index contributed by atoms with van der Waals surface area (Å²) in [5.41, 5.74) is 3.41. The van der Waals surface area contributed by atoms with E-state index >= 15 is 0 Å². The summed E-state index contributed by atoms with van der Waals surface area (Å²) >= 11 is 0. The lowest BCUT2D eigenvalue weighted by atomic mass is 10.1. The minimum absolute atomic E-state index is 0.111. The van der Waals surface area contributed by atoms with Gasteiger partial charge in [-0.25, -0.2) is 0 Å². The predicted molar refractivity (Wildman–Crippen MR) is 84.4 cm³/mol. The summed E-state index contributed by atoms with van der Waals surface area (Å²) in [6, 6.07) is 7.88. The molecule has 2 N–H and O–H groups in total. The molecule has 1 aromatic carbocycles. The molecule has 0 bridgehead atoms. The van der Waals surface area contributed by atoms with Crippen LogP contribution in [0.2, 0.25) is 0 Å². The van der Waals surface area contributed by atoms with Gasteiger partial charge in [0.15, 0.2) is 0 Å². The van der Waals surface area contributed by atoms with Crippen molar-refractivity contribution in [1.82, 2.24) is 15.1 Å². The molecule has 0 aliphatic heterocycles. The standard InChI is InChI=1S/C16H22N4O/c1-4-15-14(11-20(3)19-15)16(21)18-13-8-6-7-12(9-13)10-17-5-2/h6-9,11,17H,4-5,10H2,1-3H3,(H,18,21). The summed E-state index contributed by atoms with van der Waals surface area (Å²) in [5, 5.41) is 10.5. The van der Waals surface area contributed by atoms with E-state index in [2.05, 4.69) is 22.7 Å². The first kappa shape index (κ1) is 15.3. The number of amides is 1. The zero-order valence-corrected chi connectivity index (χ0v) is 12.8. The van der Waals surface area contributed by atoms with Crippen LogP contribution in [0.3, 0.4) is 0 Å². The molecule has 112 valence electrons. The number of anilines is 1. The van der Waals surface area contributed by atoms with E-state index in [-0.39, 0.29) is 5.91 Å². The van der Waals surface area contributed by atoms with E-state index in [0.29, 0.717) is 5.56 Å². The Kier molecular flexibility index (Phi) is 5.11. The van der Waals surface area contributed by atoms with E-state index in [1.165, 1.54) is 0 Å². The van der Waals surface area contributed by atoms with Crippen LogP contribution in [0.1, 0.15) is 35.5 Å². The van der Waals surface area contributed by atoms with Gasteiger partial charge in [-0.2, -0.15) is 5.10 Å². The lowest BCUT2D eigenvalue weighted by molar-refractivity contribution is 0.102. The van der Waals surface area contributed by atoms with Gasteiger partial charge >= 0.3 is 0 Å². The SMILES string of the molecule is CCNCc1cccc(NC(=O)c2cn(C)nc2CC)c1. The molecule has 5 heteroatoms. The maximum atomic E-state index is 12.4. The van der Waals surface area contributed by atoms with Crippen LogP contribution in [0, 0.1) is 0 Å². The maximum absolute atomic E-state index is 12.4. The largest absolute Gasteiger partial charge is 0.322 e. The number of carbonyl (C=O) groups is 1. The fourth-order valence-corrected chi connectivity index (χ4v) is 2.21. The van der Waals surface area contributed by atoms with E-state index in [4.69, 9.17) is 0 Å². The molecule has 0 saturated heterocycles. The van der Waals surface area contributed by atoms with Gasteiger partial charge in [-0.3, -0.25) is 9.48 Å². The molecule has 0 unspecified atom stereocenters. The molecule has 0 aliphatic rings. The average molecular weight is 286 g/mol. The fraction of sp³-hybridized carbons (Fsp3) is 0.375. The Morgan fingerprint density at radius 3 is 2.86 bits per heavy atom. The second-order valence-corrected chi connectivity index (χ2v) is 4.95. The Bertz CT molecular complexity index is 618. The number of nitrogens with zero attached hydrogens (tertiary/aromatic N) is 2. The number of benzene rings is 1. The van der Waals surface area contributed by atoms with E-state index in [1.54, 1.807) is 10.9 Å². The van der Waals surface area contributed by atoms with Crippen LogP contribution in [0.5, 0.6) is 0 Å². The van der Waals surface area contributed by atoms with Crippen LogP contribution in [0.25, 0.3) is 0 Å². The molecule has 5 nitrogen and oxygen atoms in total. The topological polar surface area (TPSA) is 58.9 Å². The van der Waals surface area contributed by atoms with Gasteiger partial charge in [-0.15, -0.1) is 0 Å². The summed E-state index contributed by atoms with van der Waals surface area (Å²) in [7, 11) is 1.83. The number of nitrogens with one attached hydrogen (secondary N) is 2. The van der Waals surface area contributed by atoms with E-state index in [0.717, 1.165) is 36.5 Å². The van der Waals surface area contributed by atoms with Crippen molar-refractivity contribution in [2.24, 2.45) is 7.05 Å². The quantitative estimate of drug-likeness (QED) is 0.857. The monoisotopic (exact) mass is 286 g/mol. The van der Waals surface area contributed by atoms with Crippen molar-refractivity contribution in [3.05, 3.63) is 47.3 Å². The lowest BCUT2D eigenvalue weighted by Crippen LogP contribution is -2.14. The molecule has 0 atom stereocenters. The van der Waals surface area contributed by atoms with Crippen molar-refractivity contribution < 1.29 is 4.79 Å². The van der Waals surface area contributed by atoms with Crippen molar-refractivity contribution in [1.29, 1.82) is 0 Å². The minimum atomic E-state index is -0.111. The first-order valence-corrected chi connectivity index (χ1v) is 7.27. The van der Waals surface area contributed by atoms with Crippen LogP contribution in [-0.2, 0) is 20.0 Å². The average Bonchev–Trinajstić information content (AvgIpc) is 2.87. The van der Waals surface area contributed by atoms with Gasteiger partial charge in [0, 0.05) is 25.5 Å². The van der Waals surface area contributed by atoms with Crippen molar-refractivity contribution in [3.8, 4) is 0 Å². The molecular weight excluding hydrogens is 264 g/mol. The summed E-state index contributed by atoms with van der Waals surface area (Å²) in [5.74, 6) is -0.111. The van der Waals surface area contributed by atoms with Crippen LogP contribution >= 0.6 is 0 Å². The highest BCUT2D eigenvalue weighted by molar-refractivity contribution is 6.04. The molecule has 0 aliphatic carbocycles. The Morgan fingerprint density at radius 1 is 1.33 bits per heavy atom. The molecular formula is C16H22N4O. The van der Waals surface area contributed by atoms with Gasteiger partial charge in [0.1, 0.15) is 0 Å². The van der Waals surface area contributed by atoms with Gasteiger partial charge < -0.3 is 10.6 Å². The van der Waals surface area contributed by atoms with Gasteiger partial charge in [0.05, 0.1) is 11.3 Å². The number of aromatic nitrogens is 2. The van der Waals surface area contributed by atoms with Gasteiger partial charge in [-0.1, -0.05) is 26.0 Å². The molecule has 0 saturated carbocycles. The second-order valence-electron chi connectivity index (χ2n) is 4.95. The summed E-state index contributed by atoms with van der Waals surface area (Å²) < 4.78 is 1.68. The molecule has 0 spiro atoms. The minimum Gasteiger partial charge on any atom is -0.322 e. The van der Waals surface area contributed by atoms with Gasteiger partial charge in [0.2, 0.25) is 0 Å². The number of rotatable bonds is 6. The van der Waals surface area contributed by atoms with Crippen LogP contribution in [0.15, 0.2) is 30.5 Å². The second kappa shape index (κ2) is 7.04. The molecule has 21 heavy (non-hydrogen) atoms. The Labute approximate surface area is 125 Å². The fourth-order valence-electron chi connectivity index (χ4n) is 2.21. The van der Waals surface area contributed by atoms with Crippen molar-refractivity contribution in [2.45, 2.75) is 26.8 Å². The van der Waals surface area contributed by atoms with Crippen molar-refractivity contribution >= 4 is 11.6 Å². The summed E-state index contributed by atoms with van der Waals surface area (Å²) in [6.45, 7) is 5.79. The Morgan fingerprint density at radius 2 is 2.14 bits per heavy atom. The molecule has 1 heterocycles. The van der Waals surface area contributed by atoms with E-state index in [1.807, 2.05) is 38.2 Å². The third-order valence-corrected chi connectivity index (χ3v) is 3.25. The van der Waals surface area contributed by atoms with Crippen molar-refractivity contribution in [2.75, 3.05) is 11.9 Å². The zero-order valence-electron chi connectivity index (χ0n) is 12.8. The highest BCUT2D eigenvalue weighted by Gasteiger charge is 2.14. The molecule has 1 amide bonds. The molecule has 0 fully saturated rings. The van der Waals surface area contributed by atoms with Crippen LogP contribution in [-0.4, -0.2) is 22.2 Å². The number of carbonyl (C=O) groups excluding carboxylic acids is 1. The molecule has 1 aromatic heterocycles. The summed E-state index contributed by atoms with van der Waals surface area (Å²) in [4.78, 5) is 12.4. The third kappa shape index (κ3) is 3.92. The molecule has 2 aromatic rings. The summed E-state index contributed by atoms with van der Waals surface area (Å²) in [6.07, 6.45) is 2.50. The highest BCUT2D eigenvalue weighted by atomic mass is 16.1. The Hall–Kier alpha value is -2.14. The lowest BCUT2D eigenvalue weighted by Gasteiger charge is -2.07. The zero-order chi connectivity index (χ0) is 15.2. The number of hydrogen-bond donors (Lipinski definition) is 2. The first-order valence-electron chi connectivity index (χ1n) is 7.27. The third-order valence-electron chi connectivity index (χ3n) is 3.25. The number of aryl methyl sites for hydroxylation is 2. The highest BCUT2D eigenvalue weighted by Crippen LogP contribution is 2.14. The predicted octanol–water partition coefficient (Wildman–Crippen LogP) is 2.34. The first-order chi connectivity index (χ1) is 10.1. The number of hydrogen-bond acceptors (Lipinski definition) is 3. The maximum Gasteiger partial charge on any atom is 0.259 e. The normalized spacial score (nSPS) is 10.6. The van der Waals surface area contributed by atoms with Crippen LogP contribution < -0.4 is 10.6 Å². The molecule has 2 rings (SSSR count). The molecule has 0 radical (unpaired) electrons. The van der Waals surface area contributed by atoms with E-state index in [9.17, 15) is 4.79 Å². The van der Waals surface area contributed by atoms with Gasteiger partial charge in [-0.05, 0) is 30.7 Å².